The van der Waals surface area contributed by atoms with Crippen molar-refractivity contribution < 1.29 is 14.3 Å². The first-order valence-electron chi connectivity index (χ1n) is 5.24. The fourth-order valence-corrected chi connectivity index (χ4v) is 2.89. The van der Waals surface area contributed by atoms with Crippen molar-refractivity contribution >= 4 is 24.0 Å². The van der Waals surface area contributed by atoms with Crippen molar-refractivity contribution in [1.29, 1.82) is 0 Å². The maximum absolute atomic E-state index is 11.7. The predicted molar refractivity (Wildman–Crippen MR) is 60.9 cm³/mol. The number of carbonyl (C=O) groups is 2. The zero-order valence-electron chi connectivity index (χ0n) is 9.49. The molecule has 15 heavy (non-hydrogen) atoms. The Morgan fingerprint density at radius 1 is 1.47 bits per heavy atom. The van der Waals surface area contributed by atoms with Crippen LogP contribution in [0.25, 0.3) is 0 Å². The largest absolute Gasteiger partial charge is 0.459 e. The lowest BCUT2D eigenvalue weighted by atomic mass is 10.1. The van der Waals surface area contributed by atoms with E-state index in [1.165, 1.54) is 0 Å². The van der Waals surface area contributed by atoms with Gasteiger partial charge >= 0.3 is 5.97 Å². The Hall–Kier alpha value is -0.510. The average molecular weight is 230 g/mol. The molecule has 1 saturated heterocycles. The van der Waals surface area contributed by atoms with Gasteiger partial charge in [0.05, 0.1) is 0 Å². The van der Waals surface area contributed by atoms with E-state index in [2.05, 4.69) is 0 Å². The van der Waals surface area contributed by atoms with Crippen molar-refractivity contribution in [3.8, 4) is 0 Å². The molecule has 0 unspecified atom stereocenters. The molecular weight excluding hydrogens is 212 g/mol. The summed E-state index contributed by atoms with van der Waals surface area (Å²) in [6, 6.07) is 0. The molecule has 0 bridgehead atoms. The van der Waals surface area contributed by atoms with Crippen molar-refractivity contribution in [3.05, 3.63) is 0 Å². The molecule has 0 aromatic carbocycles. The second kappa shape index (κ2) is 5.01. The highest BCUT2D eigenvalue weighted by Gasteiger charge is 2.33. The van der Waals surface area contributed by atoms with Crippen molar-refractivity contribution in [2.24, 2.45) is 0 Å². The quantitative estimate of drug-likeness (QED) is 0.550. The molecule has 1 rings (SSSR count). The number of rotatable bonds is 3. The second-order valence-corrected chi connectivity index (χ2v) is 6.27. The third-order valence-corrected chi connectivity index (χ3v) is 3.71. The standard InChI is InChI=1S/C11H18O3S/c1-11(2,3)14-10(13)9-5-4-8(15-9)6-7-12/h7-9H,4-6H2,1-3H3/t8-,9-/m1/s1. The molecule has 0 aromatic heterocycles. The van der Waals surface area contributed by atoms with Gasteiger partial charge in [-0.25, -0.2) is 0 Å². The Balaban J connectivity index is 2.40. The highest BCUT2D eigenvalue weighted by molar-refractivity contribution is 8.01. The van der Waals surface area contributed by atoms with Gasteiger partial charge in [0.2, 0.25) is 0 Å². The second-order valence-electron chi connectivity index (χ2n) is 4.76. The van der Waals surface area contributed by atoms with E-state index in [1.807, 2.05) is 20.8 Å². The van der Waals surface area contributed by atoms with Gasteiger partial charge in [0, 0.05) is 11.7 Å². The van der Waals surface area contributed by atoms with Crippen LogP contribution in [0.2, 0.25) is 0 Å². The third kappa shape index (κ3) is 4.24. The number of carbonyl (C=O) groups excluding carboxylic acids is 2. The molecule has 1 heterocycles. The summed E-state index contributed by atoms with van der Waals surface area (Å²) in [6.07, 6.45) is 3.24. The van der Waals surface area contributed by atoms with E-state index in [0.717, 1.165) is 19.1 Å². The summed E-state index contributed by atoms with van der Waals surface area (Å²) in [5.41, 5.74) is -0.416. The van der Waals surface area contributed by atoms with Crippen molar-refractivity contribution in [1.82, 2.24) is 0 Å². The number of esters is 1. The lowest BCUT2D eigenvalue weighted by molar-refractivity contribution is -0.154. The molecule has 0 N–H and O–H groups in total. The maximum atomic E-state index is 11.7. The summed E-state index contributed by atoms with van der Waals surface area (Å²) in [5.74, 6) is -0.138. The van der Waals surface area contributed by atoms with Crippen molar-refractivity contribution in [2.75, 3.05) is 0 Å². The van der Waals surface area contributed by atoms with Crippen LogP contribution in [0.1, 0.15) is 40.0 Å². The van der Waals surface area contributed by atoms with Gasteiger partial charge in [0.15, 0.2) is 0 Å². The van der Waals surface area contributed by atoms with Crippen LogP contribution in [0, 0.1) is 0 Å². The van der Waals surface area contributed by atoms with Gasteiger partial charge in [0.1, 0.15) is 17.1 Å². The lowest BCUT2D eigenvalue weighted by Crippen LogP contribution is -2.29. The SMILES string of the molecule is CC(C)(C)OC(=O)[C@H]1CC[C@H](CC=O)S1. The third-order valence-electron chi connectivity index (χ3n) is 2.14. The monoisotopic (exact) mass is 230 g/mol. The molecule has 0 saturated carbocycles. The van der Waals surface area contributed by atoms with Crippen LogP contribution in [-0.2, 0) is 14.3 Å². The summed E-state index contributed by atoms with van der Waals surface area (Å²) in [6.45, 7) is 5.61. The van der Waals surface area contributed by atoms with Gasteiger partial charge < -0.3 is 9.53 Å². The van der Waals surface area contributed by atoms with Gasteiger partial charge in [-0.05, 0) is 33.6 Å². The minimum atomic E-state index is -0.416. The Morgan fingerprint density at radius 2 is 2.13 bits per heavy atom. The van der Waals surface area contributed by atoms with E-state index < -0.39 is 5.60 Å². The van der Waals surface area contributed by atoms with E-state index in [9.17, 15) is 9.59 Å². The molecule has 1 fully saturated rings. The Kier molecular flexibility index (Phi) is 4.20. The Labute approximate surface area is 94.9 Å². The number of thioether (sulfide) groups is 1. The molecule has 3 nitrogen and oxygen atoms in total. The molecule has 2 atom stereocenters. The minimum Gasteiger partial charge on any atom is -0.459 e. The van der Waals surface area contributed by atoms with Crippen LogP contribution in [0.5, 0.6) is 0 Å². The fourth-order valence-electron chi connectivity index (χ4n) is 1.53. The van der Waals surface area contributed by atoms with Gasteiger partial charge in [0.25, 0.3) is 0 Å². The molecular formula is C11H18O3S. The topological polar surface area (TPSA) is 43.4 Å². The molecule has 86 valence electrons. The van der Waals surface area contributed by atoms with Crippen LogP contribution in [0.3, 0.4) is 0 Å². The van der Waals surface area contributed by atoms with Crippen molar-refractivity contribution in [2.45, 2.75) is 56.1 Å². The normalized spacial score (nSPS) is 26.3. The van der Waals surface area contributed by atoms with E-state index in [1.54, 1.807) is 11.8 Å². The molecule has 4 heteroatoms. The Bertz CT molecular complexity index is 245. The van der Waals surface area contributed by atoms with Gasteiger partial charge in [-0.15, -0.1) is 11.8 Å². The molecule has 1 aliphatic rings. The first-order chi connectivity index (χ1) is 6.92. The predicted octanol–water partition coefficient (Wildman–Crippen LogP) is 2.18. The first-order valence-corrected chi connectivity index (χ1v) is 6.18. The van der Waals surface area contributed by atoms with E-state index in [0.29, 0.717) is 11.7 Å². The summed E-state index contributed by atoms with van der Waals surface area (Å²) in [7, 11) is 0. The highest BCUT2D eigenvalue weighted by atomic mass is 32.2. The van der Waals surface area contributed by atoms with Gasteiger partial charge in [-0.2, -0.15) is 0 Å². The van der Waals surface area contributed by atoms with Crippen LogP contribution >= 0.6 is 11.8 Å². The molecule has 0 aromatic rings. The maximum Gasteiger partial charge on any atom is 0.319 e. The molecule has 0 radical (unpaired) electrons. The molecule has 0 amide bonds. The van der Waals surface area contributed by atoms with E-state index in [4.69, 9.17) is 4.74 Å². The zero-order valence-corrected chi connectivity index (χ0v) is 10.3. The van der Waals surface area contributed by atoms with E-state index >= 15 is 0 Å². The minimum absolute atomic E-state index is 0.0748. The number of hydrogen-bond acceptors (Lipinski definition) is 4. The summed E-state index contributed by atoms with van der Waals surface area (Å²) in [4.78, 5) is 22.0. The van der Waals surface area contributed by atoms with Crippen LogP contribution in [0.4, 0.5) is 0 Å². The smallest absolute Gasteiger partial charge is 0.319 e. The fraction of sp³-hybridized carbons (Fsp3) is 0.818. The molecule has 0 aliphatic carbocycles. The number of aldehydes is 1. The zero-order chi connectivity index (χ0) is 11.5. The van der Waals surface area contributed by atoms with Crippen LogP contribution in [-0.4, -0.2) is 28.4 Å². The number of ether oxygens (including phenoxy) is 1. The Morgan fingerprint density at radius 3 is 2.67 bits per heavy atom. The summed E-state index contributed by atoms with van der Waals surface area (Å²) >= 11 is 1.58. The van der Waals surface area contributed by atoms with Gasteiger partial charge in [-0.1, -0.05) is 0 Å². The average Bonchev–Trinajstić information content (AvgIpc) is 2.50. The number of hydrogen-bond donors (Lipinski definition) is 0. The van der Waals surface area contributed by atoms with Gasteiger partial charge in [-0.3, -0.25) is 4.79 Å². The molecule has 1 aliphatic heterocycles. The lowest BCUT2D eigenvalue weighted by Gasteiger charge is -2.21. The highest BCUT2D eigenvalue weighted by Crippen LogP contribution is 2.36. The van der Waals surface area contributed by atoms with Crippen LogP contribution < -0.4 is 0 Å². The summed E-state index contributed by atoms with van der Waals surface area (Å²) in [5, 5.41) is 0.231. The molecule has 0 spiro atoms. The summed E-state index contributed by atoms with van der Waals surface area (Å²) < 4.78 is 5.30. The first kappa shape index (κ1) is 12.6. The van der Waals surface area contributed by atoms with E-state index in [-0.39, 0.29) is 11.2 Å². The van der Waals surface area contributed by atoms with Crippen LogP contribution in [0.15, 0.2) is 0 Å². The van der Waals surface area contributed by atoms with Crippen molar-refractivity contribution in [3.63, 3.8) is 0 Å².